The van der Waals surface area contributed by atoms with Crippen molar-refractivity contribution in [1.82, 2.24) is 4.31 Å². The maximum atomic E-state index is 13.0. The molecule has 2 N–H and O–H groups in total. The van der Waals surface area contributed by atoms with Gasteiger partial charge < -0.3 is 10.5 Å². The molecule has 0 spiro atoms. The summed E-state index contributed by atoms with van der Waals surface area (Å²) in [5.74, 6) is -0.699. The van der Waals surface area contributed by atoms with E-state index in [1.165, 1.54) is 11.3 Å². The van der Waals surface area contributed by atoms with Crippen LogP contribution in [0.3, 0.4) is 0 Å². The minimum Gasteiger partial charge on any atom is -0.375 e. The van der Waals surface area contributed by atoms with Crippen LogP contribution in [0, 0.1) is 0 Å². The van der Waals surface area contributed by atoms with E-state index in [0.29, 0.717) is 5.39 Å². The Balaban J connectivity index is 2.10. The molecule has 1 aliphatic rings. The number of rotatable bonds is 3. The summed E-state index contributed by atoms with van der Waals surface area (Å²) in [5, 5.41) is 2.27. The average molecular weight is 340 g/mol. The molecule has 2 aromatic rings. The first-order valence-electron chi connectivity index (χ1n) is 6.82. The Morgan fingerprint density at radius 2 is 2.14 bits per heavy atom. The van der Waals surface area contributed by atoms with Crippen LogP contribution in [0.2, 0.25) is 0 Å². The van der Waals surface area contributed by atoms with Gasteiger partial charge in [-0.25, -0.2) is 8.42 Å². The van der Waals surface area contributed by atoms with Gasteiger partial charge in [0.05, 0.1) is 12.7 Å². The number of fused-ring (bicyclic) bond motifs is 1. The zero-order valence-corrected chi connectivity index (χ0v) is 13.6. The molecule has 118 valence electrons. The summed E-state index contributed by atoms with van der Waals surface area (Å²) < 4.78 is 33.4. The number of nitrogens with two attached hydrogens (primary N) is 1. The molecular weight excluding hydrogens is 324 g/mol. The first-order valence-corrected chi connectivity index (χ1v) is 9.14. The molecule has 0 unspecified atom stereocenters. The van der Waals surface area contributed by atoms with E-state index in [2.05, 4.69) is 0 Å². The van der Waals surface area contributed by atoms with Crippen molar-refractivity contribution >= 4 is 37.4 Å². The molecule has 2 atom stereocenters. The van der Waals surface area contributed by atoms with Gasteiger partial charge in [0.1, 0.15) is 10.9 Å². The number of benzene rings is 1. The average Bonchev–Trinajstić information content (AvgIpc) is 2.91. The van der Waals surface area contributed by atoms with Crippen LogP contribution in [0.15, 0.2) is 34.5 Å². The normalized spacial score (nSPS) is 23.7. The highest BCUT2D eigenvalue weighted by Gasteiger charge is 2.42. The summed E-state index contributed by atoms with van der Waals surface area (Å²) >= 11 is 1.36. The van der Waals surface area contributed by atoms with Crippen molar-refractivity contribution in [3.63, 3.8) is 0 Å². The first kappa shape index (κ1) is 15.4. The summed E-state index contributed by atoms with van der Waals surface area (Å²) in [6.45, 7) is 2.01. The Labute approximate surface area is 132 Å². The zero-order valence-electron chi connectivity index (χ0n) is 11.9. The Morgan fingerprint density at radius 3 is 2.86 bits per heavy atom. The van der Waals surface area contributed by atoms with Gasteiger partial charge >= 0.3 is 0 Å². The highest BCUT2D eigenvalue weighted by atomic mass is 32.2. The van der Waals surface area contributed by atoms with Crippen molar-refractivity contribution in [2.24, 2.45) is 5.73 Å². The summed E-state index contributed by atoms with van der Waals surface area (Å²) in [5.41, 5.74) is 5.39. The third-order valence-electron chi connectivity index (χ3n) is 3.77. The monoisotopic (exact) mass is 340 g/mol. The van der Waals surface area contributed by atoms with E-state index < -0.39 is 28.1 Å². The minimum atomic E-state index is -3.81. The topological polar surface area (TPSA) is 89.7 Å². The van der Waals surface area contributed by atoms with Gasteiger partial charge in [-0.15, -0.1) is 11.3 Å². The number of carbonyl (C=O) groups excluding carboxylic acids is 1. The number of carbonyl (C=O) groups is 1. The van der Waals surface area contributed by atoms with Gasteiger partial charge in [-0.05, 0) is 13.0 Å². The van der Waals surface area contributed by atoms with Crippen molar-refractivity contribution < 1.29 is 17.9 Å². The molecule has 22 heavy (non-hydrogen) atoms. The fourth-order valence-electron chi connectivity index (χ4n) is 2.72. The van der Waals surface area contributed by atoms with Gasteiger partial charge in [0, 0.05) is 22.0 Å². The summed E-state index contributed by atoms with van der Waals surface area (Å²) in [6, 6.07) is 6.30. The molecule has 2 heterocycles. The van der Waals surface area contributed by atoms with Gasteiger partial charge in [0.25, 0.3) is 0 Å². The quantitative estimate of drug-likeness (QED) is 0.908. The van der Waals surface area contributed by atoms with Crippen LogP contribution < -0.4 is 5.73 Å². The molecule has 3 rings (SSSR count). The van der Waals surface area contributed by atoms with Crippen molar-refractivity contribution in [1.29, 1.82) is 0 Å². The summed E-state index contributed by atoms with van der Waals surface area (Å²) in [4.78, 5) is 11.9. The van der Waals surface area contributed by atoms with E-state index >= 15 is 0 Å². The maximum Gasteiger partial charge on any atom is 0.245 e. The third kappa shape index (κ3) is 2.41. The van der Waals surface area contributed by atoms with Crippen LogP contribution in [0.5, 0.6) is 0 Å². The molecule has 0 aliphatic carbocycles. The number of primary amides is 1. The molecule has 1 aromatic carbocycles. The predicted octanol–water partition coefficient (Wildman–Crippen LogP) is 1.16. The molecule has 8 heteroatoms. The van der Waals surface area contributed by atoms with Gasteiger partial charge in [-0.1, -0.05) is 18.2 Å². The lowest BCUT2D eigenvalue weighted by atomic mass is 10.1. The number of ether oxygens (including phenoxy) is 1. The molecule has 6 nitrogen and oxygen atoms in total. The molecule has 1 amide bonds. The summed E-state index contributed by atoms with van der Waals surface area (Å²) in [6.07, 6.45) is -0.564. The molecule has 1 aromatic heterocycles. The van der Waals surface area contributed by atoms with Gasteiger partial charge in [0.2, 0.25) is 15.9 Å². The minimum absolute atomic E-state index is 0.116. The van der Waals surface area contributed by atoms with E-state index in [0.717, 1.165) is 9.01 Å². The van der Waals surface area contributed by atoms with Crippen molar-refractivity contribution in [3.05, 3.63) is 29.6 Å². The number of nitrogens with zero attached hydrogens (tertiary/aromatic N) is 1. The second-order valence-corrected chi connectivity index (χ2v) is 7.91. The lowest BCUT2D eigenvalue weighted by Gasteiger charge is -2.36. The molecule has 0 saturated carbocycles. The molecule has 1 aliphatic heterocycles. The second kappa shape index (κ2) is 5.62. The standard InChI is InChI=1S/C14H16N2O4S2/c1-9-13(14(15)17)16(6-7-20-9)22(18,19)12-8-21-11-5-3-2-4-10(11)12/h2-5,8-9,13H,6-7H2,1H3,(H2,15,17)/t9-,13+/m1/s1. The second-order valence-electron chi connectivity index (χ2n) is 5.13. The van der Waals surface area contributed by atoms with E-state index in [9.17, 15) is 13.2 Å². The van der Waals surface area contributed by atoms with Crippen LogP contribution in [0.25, 0.3) is 10.1 Å². The van der Waals surface area contributed by atoms with Crippen molar-refractivity contribution in [3.8, 4) is 0 Å². The first-order chi connectivity index (χ1) is 10.4. The SMILES string of the molecule is C[C@H]1OCCN(S(=O)(=O)c2csc3ccccc23)[C@@H]1C(N)=O. The molecular formula is C14H16N2O4S2. The largest absolute Gasteiger partial charge is 0.375 e. The number of morpholine rings is 1. The van der Waals surface area contributed by atoms with Gasteiger partial charge in [-0.2, -0.15) is 4.31 Å². The summed E-state index contributed by atoms with van der Waals surface area (Å²) in [7, 11) is -3.81. The van der Waals surface area contributed by atoms with E-state index in [-0.39, 0.29) is 18.0 Å². The zero-order chi connectivity index (χ0) is 15.9. The molecule has 1 saturated heterocycles. The highest BCUT2D eigenvalue weighted by Crippen LogP contribution is 2.33. The Hall–Kier alpha value is -1.48. The Morgan fingerprint density at radius 1 is 1.41 bits per heavy atom. The lowest BCUT2D eigenvalue weighted by Crippen LogP contribution is -2.58. The highest BCUT2D eigenvalue weighted by molar-refractivity contribution is 7.89. The van der Waals surface area contributed by atoms with Crippen LogP contribution in [-0.4, -0.2) is 43.9 Å². The smallest absolute Gasteiger partial charge is 0.245 e. The van der Waals surface area contributed by atoms with Crippen LogP contribution in [0.1, 0.15) is 6.92 Å². The van der Waals surface area contributed by atoms with Crippen LogP contribution in [0.4, 0.5) is 0 Å². The third-order valence-corrected chi connectivity index (χ3v) is 6.80. The lowest BCUT2D eigenvalue weighted by molar-refractivity contribution is -0.130. The van der Waals surface area contributed by atoms with E-state index in [1.807, 2.05) is 12.1 Å². The Bertz CT molecular complexity index is 815. The number of thiophene rings is 1. The number of sulfonamides is 1. The fourth-order valence-corrected chi connectivity index (χ4v) is 5.83. The molecule has 0 radical (unpaired) electrons. The number of hydrogen-bond acceptors (Lipinski definition) is 5. The van der Waals surface area contributed by atoms with E-state index in [1.54, 1.807) is 24.4 Å². The van der Waals surface area contributed by atoms with Crippen LogP contribution in [-0.2, 0) is 19.6 Å². The van der Waals surface area contributed by atoms with Crippen molar-refractivity contribution in [2.45, 2.75) is 24.0 Å². The van der Waals surface area contributed by atoms with E-state index in [4.69, 9.17) is 10.5 Å². The van der Waals surface area contributed by atoms with Crippen LogP contribution >= 0.6 is 11.3 Å². The molecule has 0 bridgehead atoms. The predicted molar refractivity (Wildman–Crippen MR) is 84.1 cm³/mol. The maximum absolute atomic E-state index is 13.0. The van der Waals surface area contributed by atoms with Gasteiger partial charge in [-0.3, -0.25) is 4.79 Å². The van der Waals surface area contributed by atoms with Crippen molar-refractivity contribution in [2.75, 3.05) is 13.2 Å². The fraction of sp³-hybridized carbons (Fsp3) is 0.357. The number of hydrogen-bond donors (Lipinski definition) is 1. The van der Waals surface area contributed by atoms with Gasteiger partial charge in [0.15, 0.2) is 0 Å². The number of amides is 1. The molecule has 1 fully saturated rings. The Kier molecular flexibility index (Phi) is 3.94.